The Morgan fingerprint density at radius 2 is 1.85 bits per heavy atom. The second-order valence-corrected chi connectivity index (χ2v) is 5.81. The lowest BCUT2D eigenvalue weighted by atomic mass is 9.58. The molecule has 0 aliphatic carbocycles. The van der Waals surface area contributed by atoms with E-state index >= 15 is 0 Å². The lowest BCUT2D eigenvalue weighted by molar-refractivity contribution is 0.301. The third kappa shape index (κ3) is 5.02. The number of nitrogens with two attached hydrogens (primary N) is 1. The monoisotopic (exact) mass is 199 g/mol. The van der Waals surface area contributed by atoms with Crippen LogP contribution < -0.4 is 5.73 Å². The molecular weight excluding hydrogens is 176 g/mol. The van der Waals surface area contributed by atoms with Gasteiger partial charge >= 0.3 is 0 Å². The molecule has 0 fully saturated rings. The topological polar surface area (TPSA) is 26.0 Å². The summed E-state index contributed by atoms with van der Waals surface area (Å²) in [5.74, 6) is 0.569. The molecule has 4 heteroatoms. The van der Waals surface area contributed by atoms with Gasteiger partial charge in [0.05, 0.1) is 15.7 Å². The van der Waals surface area contributed by atoms with E-state index in [-0.39, 0.29) is 5.54 Å². The highest BCUT2D eigenvalue weighted by Gasteiger charge is 2.28. The lowest BCUT2D eigenvalue weighted by Crippen LogP contribution is -2.45. The van der Waals surface area contributed by atoms with Gasteiger partial charge in [-0.25, -0.2) is 0 Å². The van der Waals surface area contributed by atoms with Crippen molar-refractivity contribution in [2.24, 2.45) is 11.7 Å². The molecule has 2 unspecified atom stereocenters. The average molecular weight is 199 g/mol. The van der Waals surface area contributed by atoms with E-state index in [1.54, 1.807) is 0 Å². The highest BCUT2D eigenvalue weighted by Crippen LogP contribution is 2.27. The number of hydrogen-bond acceptors (Lipinski definition) is 2. The van der Waals surface area contributed by atoms with Crippen LogP contribution in [0.3, 0.4) is 0 Å². The van der Waals surface area contributed by atoms with Crippen molar-refractivity contribution < 1.29 is 0 Å². The molecule has 0 aliphatic heterocycles. The molecule has 0 spiro atoms. The van der Waals surface area contributed by atoms with Crippen molar-refractivity contribution in [1.29, 1.82) is 0 Å². The van der Waals surface area contributed by atoms with Crippen molar-refractivity contribution in [2.75, 3.05) is 0 Å². The van der Waals surface area contributed by atoms with Crippen molar-refractivity contribution >= 4 is 28.3 Å². The summed E-state index contributed by atoms with van der Waals surface area (Å²) in [6, 6.07) is 0. The number of thiol groups is 1. The van der Waals surface area contributed by atoms with E-state index in [1.807, 2.05) is 0 Å². The summed E-state index contributed by atoms with van der Waals surface area (Å²) in [7, 11) is 4.47. The molecule has 0 radical (unpaired) electrons. The van der Waals surface area contributed by atoms with Crippen molar-refractivity contribution in [2.45, 2.75) is 50.1 Å². The maximum Gasteiger partial charge on any atom is 0.0960 e. The Hall–Kier alpha value is 0.440. The van der Waals surface area contributed by atoms with E-state index in [9.17, 15) is 0 Å². The SMILES string of the molecule is BC(B)C(C)C(C)(N)CC[C@@H](C)S. The van der Waals surface area contributed by atoms with Gasteiger partial charge in [0.25, 0.3) is 0 Å². The molecule has 13 heavy (non-hydrogen) atoms. The van der Waals surface area contributed by atoms with Gasteiger partial charge in [0.1, 0.15) is 0 Å². The summed E-state index contributed by atoms with van der Waals surface area (Å²) in [6.45, 7) is 6.53. The van der Waals surface area contributed by atoms with Crippen molar-refractivity contribution in [3.63, 3.8) is 0 Å². The zero-order chi connectivity index (χ0) is 10.6. The molecule has 1 nitrogen and oxygen atoms in total. The molecule has 3 atom stereocenters. The molecule has 0 aromatic heterocycles. The minimum Gasteiger partial charge on any atom is -0.325 e. The standard InChI is InChI=1S/C9H23B2NS/c1-6(13)4-5-9(3,12)7(2)8(10)11/h6-8,13H,4-5,10-12H2,1-3H3/t6-,7?,9?/m1/s1. The van der Waals surface area contributed by atoms with Crippen molar-refractivity contribution in [3.8, 4) is 0 Å². The Kier molecular flexibility index (Phi) is 5.53. The maximum absolute atomic E-state index is 6.28. The molecule has 0 bridgehead atoms. The minimum atomic E-state index is -0.0366. The van der Waals surface area contributed by atoms with Crippen LogP contribution in [0.1, 0.15) is 33.6 Å². The van der Waals surface area contributed by atoms with E-state index in [0.29, 0.717) is 16.9 Å². The van der Waals surface area contributed by atoms with Crippen LogP contribution in [-0.4, -0.2) is 26.5 Å². The number of hydrogen-bond donors (Lipinski definition) is 2. The Bertz CT molecular complexity index is 149. The predicted molar refractivity (Wildman–Crippen MR) is 70.3 cm³/mol. The normalized spacial score (nSPS) is 21.1. The van der Waals surface area contributed by atoms with Gasteiger partial charge in [0.2, 0.25) is 0 Å². The minimum absolute atomic E-state index is 0.0366. The highest BCUT2D eigenvalue weighted by molar-refractivity contribution is 7.80. The summed E-state index contributed by atoms with van der Waals surface area (Å²) in [5.41, 5.74) is 6.90. The lowest BCUT2D eigenvalue weighted by Gasteiger charge is -2.35. The van der Waals surface area contributed by atoms with Gasteiger partial charge in [0.15, 0.2) is 0 Å². The maximum atomic E-state index is 6.28. The number of rotatable bonds is 5. The second-order valence-electron chi connectivity index (χ2n) is 4.93. The molecular formula is C9H23B2NS. The van der Waals surface area contributed by atoms with E-state index in [4.69, 9.17) is 5.73 Å². The molecule has 0 aliphatic rings. The van der Waals surface area contributed by atoms with E-state index in [0.717, 1.165) is 12.8 Å². The van der Waals surface area contributed by atoms with E-state index in [2.05, 4.69) is 49.1 Å². The molecule has 0 heterocycles. The Morgan fingerprint density at radius 3 is 2.15 bits per heavy atom. The fraction of sp³-hybridized carbons (Fsp3) is 1.00. The summed E-state index contributed by atoms with van der Waals surface area (Å²) < 4.78 is 0. The second kappa shape index (κ2) is 5.35. The van der Waals surface area contributed by atoms with Crippen LogP contribution >= 0.6 is 12.6 Å². The van der Waals surface area contributed by atoms with Crippen LogP contribution in [0.5, 0.6) is 0 Å². The predicted octanol–water partition coefficient (Wildman–Crippen LogP) is 0.451. The molecule has 0 saturated heterocycles. The molecule has 76 valence electrons. The fourth-order valence-electron chi connectivity index (χ4n) is 1.51. The molecule has 2 N–H and O–H groups in total. The third-order valence-electron chi connectivity index (χ3n) is 3.14. The van der Waals surface area contributed by atoms with Crippen LogP contribution in [-0.2, 0) is 0 Å². The van der Waals surface area contributed by atoms with Crippen LogP contribution in [0.15, 0.2) is 0 Å². The van der Waals surface area contributed by atoms with Crippen LogP contribution in [0.4, 0.5) is 0 Å². The summed E-state index contributed by atoms with van der Waals surface area (Å²) in [5, 5.41) is 0.460. The zero-order valence-corrected chi connectivity index (χ0v) is 10.6. The molecule has 0 aromatic rings. The Morgan fingerprint density at radius 1 is 1.38 bits per heavy atom. The van der Waals surface area contributed by atoms with Crippen LogP contribution in [0.25, 0.3) is 0 Å². The summed E-state index contributed by atoms with van der Waals surface area (Å²) >= 11 is 4.37. The van der Waals surface area contributed by atoms with Gasteiger partial charge in [-0.05, 0) is 30.9 Å². The van der Waals surface area contributed by atoms with Gasteiger partial charge in [-0.1, -0.05) is 19.6 Å². The van der Waals surface area contributed by atoms with Gasteiger partial charge in [-0.15, -0.1) is 0 Å². The first kappa shape index (κ1) is 13.4. The summed E-state index contributed by atoms with van der Waals surface area (Å²) in [4.78, 5) is 0. The zero-order valence-electron chi connectivity index (χ0n) is 9.67. The van der Waals surface area contributed by atoms with Crippen molar-refractivity contribution in [1.82, 2.24) is 0 Å². The van der Waals surface area contributed by atoms with Gasteiger partial charge < -0.3 is 5.73 Å². The van der Waals surface area contributed by atoms with Crippen molar-refractivity contribution in [3.05, 3.63) is 0 Å². The average Bonchev–Trinajstić information content (AvgIpc) is 1.99. The first-order chi connectivity index (χ1) is 5.77. The third-order valence-corrected chi connectivity index (χ3v) is 3.40. The smallest absolute Gasteiger partial charge is 0.0960 e. The van der Waals surface area contributed by atoms with Crippen LogP contribution in [0, 0.1) is 5.92 Å². The quantitative estimate of drug-likeness (QED) is 0.487. The van der Waals surface area contributed by atoms with E-state index in [1.165, 1.54) is 0 Å². The summed E-state index contributed by atoms with van der Waals surface area (Å²) in [6.07, 6.45) is 2.17. The largest absolute Gasteiger partial charge is 0.325 e. The van der Waals surface area contributed by atoms with E-state index < -0.39 is 0 Å². The Balaban J connectivity index is 4.06. The fourth-order valence-corrected chi connectivity index (χ4v) is 1.64. The highest BCUT2D eigenvalue weighted by atomic mass is 32.1. The Labute approximate surface area is 90.5 Å². The van der Waals surface area contributed by atoms with Crippen LogP contribution in [0.2, 0.25) is 5.72 Å². The first-order valence-corrected chi connectivity index (χ1v) is 5.76. The van der Waals surface area contributed by atoms with Gasteiger partial charge in [-0.3, -0.25) is 0 Å². The molecule has 0 aromatic carbocycles. The molecule has 0 rings (SSSR count). The first-order valence-electron chi connectivity index (χ1n) is 5.24. The van der Waals surface area contributed by atoms with Gasteiger partial charge in [-0.2, -0.15) is 12.6 Å². The molecule has 0 amide bonds. The van der Waals surface area contributed by atoms with Gasteiger partial charge in [0, 0.05) is 5.54 Å². The molecule has 0 saturated carbocycles.